The second-order valence-corrected chi connectivity index (χ2v) is 4.56. The van der Waals surface area contributed by atoms with Gasteiger partial charge in [-0.2, -0.15) is 0 Å². The number of benzene rings is 1. The van der Waals surface area contributed by atoms with E-state index in [4.69, 9.17) is 9.47 Å². The van der Waals surface area contributed by atoms with E-state index < -0.39 is 17.5 Å². The van der Waals surface area contributed by atoms with Crippen LogP contribution in [-0.2, 0) is 25.7 Å². The molecule has 0 saturated carbocycles. The molecule has 0 N–H and O–H groups in total. The van der Waals surface area contributed by atoms with Crippen LogP contribution in [0.1, 0.15) is 26.3 Å². The van der Waals surface area contributed by atoms with Gasteiger partial charge in [0.25, 0.3) is 0 Å². The van der Waals surface area contributed by atoms with Gasteiger partial charge in [0, 0.05) is 0 Å². The lowest BCUT2D eigenvalue weighted by Gasteiger charge is -2.18. The monoisotopic (exact) mass is 236 g/mol. The maximum Gasteiger partial charge on any atom is 0.418 e. The molecule has 0 saturated heterocycles. The van der Waals surface area contributed by atoms with E-state index in [-0.39, 0.29) is 6.61 Å². The average Bonchev–Trinajstić information content (AvgIpc) is 2.25. The number of ether oxygens (including phenoxy) is 2. The summed E-state index contributed by atoms with van der Waals surface area (Å²) in [7, 11) is 0. The predicted molar refractivity (Wildman–Crippen MR) is 62.1 cm³/mol. The van der Waals surface area contributed by atoms with Crippen LogP contribution in [0.2, 0.25) is 0 Å². The van der Waals surface area contributed by atoms with Gasteiger partial charge in [-0.3, -0.25) is 0 Å². The van der Waals surface area contributed by atoms with Crippen LogP contribution in [0.15, 0.2) is 30.3 Å². The quantitative estimate of drug-likeness (QED) is 0.582. The standard InChI is InChI=1S/C13H16O4/c1-13(2,3)17-12(15)11(14)16-9-10-7-5-4-6-8-10/h4-8H,9H2,1-3H3. The molecule has 0 spiro atoms. The molecule has 0 aliphatic carbocycles. The Morgan fingerprint density at radius 3 is 2.18 bits per heavy atom. The fourth-order valence-electron chi connectivity index (χ4n) is 1.10. The average molecular weight is 236 g/mol. The summed E-state index contributed by atoms with van der Waals surface area (Å²) >= 11 is 0. The van der Waals surface area contributed by atoms with Crippen LogP contribution in [0.3, 0.4) is 0 Å². The van der Waals surface area contributed by atoms with Crippen molar-refractivity contribution in [2.24, 2.45) is 0 Å². The zero-order valence-electron chi connectivity index (χ0n) is 10.2. The van der Waals surface area contributed by atoms with E-state index in [2.05, 4.69) is 0 Å². The minimum Gasteiger partial charge on any atom is -0.452 e. The number of rotatable bonds is 2. The van der Waals surface area contributed by atoms with Crippen molar-refractivity contribution < 1.29 is 19.1 Å². The van der Waals surface area contributed by atoms with Crippen molar-refractivity contribution in [1.29, 1.82) is 0 Å². The molecule has 1 aromatic carbocycles. The van der Waals surface area contributed by atoms with Crippen LogP contribution in [-0.4, -0.2) is 17.5 Å². The van der Waals surface area contributed by atoms with Crippen molar-refractivity contribution in [3.63, 3.8) is 0 Å². The Hall–Kier alpha value is -1.84. The Bertz CT molecular complexity index is 390. The van der Waals surface area contributed by atoms with Gasteiger partial charge < -0.3 is 9.47 Å². The van der Waals surface area contributed by atoms with Gasteiger partial charge in [0.05, 0.1) is 0 Å². The summed E-state index contributed by atoms with van der Waals surface area (Å²) < 4.78 is 9.70. The highest BCUT2D eigenvalue weighted by atomic mass is 16.6. The van der Waals surface area contributed by atoms with E-state index in [1.807, 2.05) is 30.3 Å². The number of carbonyl (C=O) groups is 2. The van der Waals surface area contributed by atoms with E-state index in [1.165, 1.54) is 0 Å². The van der Waals surface area contributed by atoms with Crippen LogP contribution in [0.25, 0.3) is 0 Å². The number of hydrogen-bond acceptors (Lipinski definition) is 4. The number of carbonyl (C=O) groups excluding carboxylic acids is 2. The van der Waals surface area contributed by atoms with Crippen molar-refractivity contribution in [3.05, 3.63) is 35.9 Å². The lowest BCUT2D eigenvalue weighted by Crippen LogP contribution is -2.30. The Morgan fingerprint density at radius 1 is 1.06 bits per heavy atom. The minimum atomic E-state index is -0.969. The van der Waals surface area contributed by atoms with E-state index in [9.17, 15) is 9.59 Å². The summed E-state index contributed by atoms with van der Waals surface area (Å²) in [5, 5.41) is 0. The van der Waals surface area contributed by atoms with Gasteiger partial charge in [0.2, 0.25) is 0 Å². The molecule has 0 fully saturated rings. The molecule has 17 heavy (non-hydrogen) atoms. The zero-order chi connectivity index (χ0) is 12.9. The fraction of sp³-hybridized carbons (Fsp3) is 0.385. The van der Waals surface area contributed by atoms with Crippen molar-refractivity contribution in [3.8, 4) is 0 Å². The summed E-state index contributed by atoms with van der Waals surface area (Å²) in [5.41, 5.74) is 0.132. The van der Waals surface area contributed by atoms with Crippen LogP contribution in [0.4, 0.5) is 0 Å². The smallest absolute Gasteiger partial charge is 0.418 e. The van der Waals surface area contributed by atoms with Crippen molar-refractivity contribution in [2.75, 3.05) is 0 Å². The molecule has 0 unspecified atom stereocenters. The molecule has 1 aromatic rings. The summed E-state index contributed by atoms with van der Waals surface area (Å²) in [5.74, 6) is -1.93. The third-order valence-corrected chi connectivity index (χ3v) is 1.78. The molecule has 0 bridgehead atoms. The third kappa shape index (κ3) is 5.15. The molecule has 4 nitrogen and oxygen atoms in total. The van der Waals surface area contributed by atoms with Crippen LogP contribution in [0.5, 0.6) is 0 Å². The second kappa shape index (κ2) is 5.48. The van der Waals surface area contributed by atoms with Crippen molar-refractivity contribution in [2.45, 2.75) is 33.0 Å². The van der Waals surface area contributed by atoms with Gasteiger partial charge in [-0.15, -0.1) is 0 Å². The maximum atomic E-state index is 11.3. The Labute approximate surface area is 101 Å². The highest BCUT2D eigenvalue weighted by Crippen LogP contribution is 2.08. The van der Waals surface area contributed by atoms with Crippen LogP contribution in [0, 0.1) is 0 Å². The highest BCUT2D eigenvalue weighted by Gasteiger charge is 2.24. The first-order valence-electron chi connectivity index (χ1n) is 5.32. The minimum absolute atomic E-state index is 0.0684. The van der Waals surface area contributed by atoms with Gasteiger partial charge in [-0.1, -0.05) is 30.3 Å². The first kappa shape index (κ1) is 13.2. The molecule has 92 valence electrons. The summed E-state index contributed by atoms with van der Waals surface area (Å²) in [6.45, 7) is 5.14. The third-order valence-electron chi connectivity index (χ3n) is 1.78. The van der Waals surface area contributed by atoms with Crippen LogP contribution >= 0.6 is 0 Å². The summed E-state index contributed by atoms with van der Waals surface area (Å²) in [6.07, 6.45) is 0. The molecule has 0 amide bonds. The van der Waals surface area contributed by atoms with Gasteiger partial charge >= 0.3 is 11.9 Å². The zero-order valence-corrected chi connectivity index (χ0v) is 10.2. The molecular formula is C13H16O4. The van der Waals surface area contributed by atoms with Crippen LogP contribution < -0.4 is 0 Å². The normalized spacial score (nSPS) is 10.8. The molecule has 0 aliphatic heterocycles. The number of esters is 2. The molecule has 0 atom stereocenters. The van der Waals surface area contributed by atoms with E-state index in [1.54, 1.807) is 20.8 Å². The van der Waals surface area contributed by atoms with Gasteiger partial charge in [0.15, 0.2) is 0 Å². The topological polar surface area (TPSA) is 52.6 Å². The van der Waals surface area contributed by atoms with E-state index in [0.29, 0.717) is 0 Å². The Kier molecular flexibility index (Phi) is 4.26. The number of hydrogen-bond donors (Lipinski definition) is 0. The molecule has 0 radical (unpaired) electrons. The van der Waals surface area contributed by atoms with Gasteiger partial charge in [-0.05, 0) is 26.3 Å². The molecule has 0 aromatic heterocycles. The molecule has 0 aliphatic rings. The van der Waals surface area contributed by atoms with E-state index >= 15 is 0 Å². The largest absolute Gasteiger partial charge is 0.452 e. The fourth-order valence-corrected chi connectivity index (χ4v) is 1.10. The molecular weight excluding hydrogens is 220 g/mol. The molecule has 4 heteroatoms. The summed E-state index contributed by atoms with van der Waals surface area (Å²) in [4.78, 5) is 22.6. The first-order chi connectivity index (χ1) is 7.88. The predicted octanol–water partition coefficient (Wildman–Crippen LogP) is 2.07. The summed E-state index contributed by atoms with van der Waals surface area (Å²) in [6, 6.07) is 9.14. The second-order valence-electron chi connectivity index (χ2n) is 4.56. The van der Waals surface area contributed by atoms with Gasteiger partial charge in [-0.25, -0.2) is 9.59 Å². The van der Waals surface area contributed by atoms with E-state index in [0.717, 1.165) is 5.56 Å². The van der Waals surface area contributed by atoms with Crippen molar-refractivity contribution >= 4 is 11.9 Å². The highest BCUT2D eigenvalue weighted by molar-refractivity contribution is 6.29. The Balaban J connectivity index is 2.43. The lowest BCUT2D eigenvalue weighted by molar-refractivity contribution is -0.175. The first-order valence-corrected chi connectivity index (χ1v) is 5.32. The van der Waals surface area contributed by atoms with Crippen molar-refractivity contribution in [1.82, 2.24) is 0 Å². The SMILES string of the molecule is CC(C)(C)OC(=O)C(=O)OCc1ccccc1. The molecule has 0 heterocycles. The van der Waals surface area contributed by atoms with Gasteiger partial charge in [0.1, 0.15) is 12.2 Å². The Morgan fingerprint density at radius 2 is 1.65 bits per heavy atom. The maximum absolute atomic E-state index is 11.3. The lowest BCUT2D eigenvalue weighted by atomic mass is 10.2. The molecule has 1 rings (SSSR count).